The Kier molecular flexibility index (Phi) is 6.22. The lowest BCUT2D eigenvalue weighted by atomic mass is 9.84. The number of nitrogens with zero attached hydrogens (tertiary/aromatic N) is 1. The van der Waals surface area contributed by atoms with E-state index in [1.807, 2.05) is 4.72 Å². The van der Waals surface area contributed by atoms with Crippen LogP contribution in [0.5, 0.6) is 0 Å². The van der Waals surface area contributed by atoms with Crippen molar-refractivity contribution in [2.45, 2.75) is 37.8 Å². The van der Waals surface area contributed by atoms with Crippen molar-refractivity contribution in [1.29, 1.82) is 0 Å². The summed E-state index contributed by atoms with van der Waals surface area (Å²) in [4.78, 5) is 23.8. The van der Waals surface area contributed by atoms with Crippen molar-refractivity contribution < 1.29 is 36.6 Å². The molecule has 0 spiro atoms. The van der Waals surface area contributed by atoms with E-state index in [1.165, 1.54) is 0 Å². The van der Waals surface area contributed by atoms with Crippen LogP contribution in [0.1, 0.15) is 26.2 Å². The predicted octanol–water partition coefficient (Wildman–Crippen LogP) is -0.674. The standard InChI is InChI=1S/C12H22N2O8S2/c1-3-4-7-24(21,22)13-12(10(15)16,8-23(2,19)20)9-5-6-14(9)11(17)18/h9,13H,3-8H2,1-2H3,(H,15,16)(H,17,18)/t9?,12-/m1/s1. The normalized spacial score (nSPS) is 20.9. The molecule has 1 saturated heterocycles. The minimum Gasteiger partial charge on any atom is -0.480 e. The Balaban J connectivity index is 3.33. The average molecular weight is 386 g/mol. The molecular weight excluding hydrogens is 364 g/mol. The zero-order valence-electron chi connectivity index (χ0n) is 13.4. The van der Waals surface area contributed by atoms with E-state index in [0.717, 1.165) is 11.2 Å². The van der Waals surface area contributed by atoms with Crippen LogP contribution < -0.4 is 4.72 Å². The Labute approximate surface area is 140 Å². The minimum absolute atomic E-state index is 0.00940. The van der Waals surface area contributed by atoms with Crippen LogP contribution in [0.4, 0.5) is 4.79 Å². The fraction of sp³-hybridized carbons (Fsp3) is 0.833. The molecule has 0 aromatic rings. The van der Waals surface area contributed by atoms with Crippen molar-refractivity contribution in [1.82, 2.24) is 9.62 Å². The van der Waals surface area contributed by atoms with Crippen LogP contribution >= 0.6 is 0 Å². The highest BCUT2D eigenvalue weighted by Gasteiger charge is 2.57. The first-order valence-electron chi connectivity index (χ1n) is 7.27. The van der Waals surface area contributed by atoms with Gasteiger partial charge in [-0.15, -0.1) is 0 Å². The molecule has 0 saturated carbocycles. The first-order chi connectivity index (χ1) is 10.8. The highest BCUT2D eigenvalue weighted by atomic mass is 32.2. The molecule has 0 radical (unpaired) electrons. The third-order valence-electron chi connectivity index (χ3n) is 3.81. The Morgan fingerprint density at radius 2 is 1.83 bits per heavy atom. The van der Waals surface area contributed by atoms with Crippen molar-refractivity contribution in [3.8, 4) is 0 Å². The van der Waals surface area contributed by atoms with Gasteiger partial charge in [-0.3, -0.25) is 4.79 Å². The number of hydrogen-bond acceptors (Lipinski definition) is 6. The second kappa shape index (κ2) is 7.23. The lowest BCUT2D eigenvalue weighted by Crippen LogP contribution is -2.74. The van der Waals surface area contributed by atoms with Crippen molar-refractivity contribution >= 4 is 31.9 Å². The lowest BCUT2D eigenvalue weighted by molar-refractivity contribution is -0.147. The van der Waals surface area contributed by atoms with E-state index in [1.54, 1.807) is 6.92 Å². The van der Waals surface area contributed by atoms with Gasteiger partial charge in [-0.2, -0.15) is 4.72 Å². The summed E-state index contributed by atoms with van der Waals surface area (Å²) in [6.07, 6.45) is 0.187. The molecule has 3 N–H and O–H groups in total. The summed E-state index contributed by atoms with van der Waals surface area (Å²) >= 11 is 0. The monoisotopic (exact) mass is 386 g/mol. The summed E-state index contributed by atoms with van der Waals surface area (Å²) in [5.41, 5.74) is -2.45. The van der Waals surface area contributed by atoms with Crippen LogP contribution in [0.2, 0.25) is 0 Å². The summed E-state index contributed by atoms with van der Waals surface area (Å²) in [6.45, 7) is 1.75. The molecule has 1 heterocycles. The number of carboxylic acid groups (broad SMARTS) is 2. The van der Waals surface area contributed by atoms with Gasteiger partial charge in [-0.1, -0.05) is 13.3 Å². The van der Waals surface area contributed by atoms with Crippen LogP contribution in [0, 0.1) is 0 Å². The van der Waals surface area contributed by atoms with Crippen LogP contribution in [-0.4, -0.2) is 79.9 Å². The van der Waals surface area contributed by atoms with E-state index in [2.05, 4.69) is 0 Å². The number of sulfone groups is 1. The van der Waals surface area contributed by atoms with Crippen LogP contribution in [0.15, 0.2) is 0 Å². The first kappa shape index (κ1) is 20.6. The number of unbranched alkanes of at least 4 members (excludes halogenated alkanes) is 1. The van der Waals surface area contributed by atoms with Gasteiger partial charge in [0.25, 0.3) is 0 Å². The third-order valence-corrected chi connectivity index (χ3v) is 6.29. The van der Waals surface area contributed by atoms with Gasteiger partial charge >= 0.3 is 12.1 Å². The van der Waals surface area contributed by atoms with Gasteiger partial charge < -0.3 is 15.1 Å². The molecule has 1 aliphatic rings. The Bertz CT molecular complexity index is 703. The summed E-state index contributed by atoms with van der Waals surface area (Å²) in [7, 11) is -8.02. The molecule has 140 valence electrons. The highest BCUT2D eigenvalue weighted by molar-refractivity contribution is 7.91. The predicted molar refractivity (Wildman–Crippen MR) is 85.0 cm³/mol. The fourth-order valence-electron chi connectivity index (χ4n) is 2.65. The third kappa shape index (κ3) is 4.80. The summed E-state index contributed by atoms with van der Waals surface area (Å²) in [5, 5.41) is 18.7. The molecule has 0 bridgehead atoms. The number of likely N-dealkylation sites (tertiary alicyclic amines) is 1. The summed E-state index contributed by atoms with van der Waals surface area (Å²) < 4.78 is 49.8. The maximum Gasteiger partial charge on any atom is 0.407 e. The number of nitrogens with one attached hydrogen (secondary N) is 1. The SMILES string of the molecule is CCCCS(=O)(=O)N[C@@](CS(C)(=O)=O)(C(=O)O)C1CCN1C(=O)O. The number of sulfonamides is 1. The van der Waals surface area contributed by atoms with E-state index < -0.39 is 49.3 Å². The Morgan fingerprint density at radius 1 is 1.25 bits per heavy atom. The van der Waals surface area contributed by atoms with Gasteiger partial charge in [0.1, 0.15) is 9.84 Å². The minimum atomic E-state index is -4.10. The molecule has 24 heavy (non-hydrogen) atoms. The first-order valence-corrected chi connectivity index (χ1v) is 11.0. The largest absolute Gasteiger partial charge is 0.480 e. The maximum absolute atomic E-state index is 12.2. The molecule has 0 aliphatic carbocycles. The van der Waals surface area contributed by atoms with Crippen molar-refractivity contribution in [3.63, 3.8) is 0 Å². The summed E-state index contributed by atoms with van der Waals surface area (Å²) in [6, 6.07) is -1.29. The number of hydrogen-bond donors (Lipinski definition) is 3. The quantitative estimate of drug-likeness (QED) is 0.470. The molecular formula is C12H22N2O8S2. The van der Waals surface area contributed by atoms with Gasteiger partial charge in [0.15, 0.2) is 5.54 Å². The second-order valence-corrected chi connectivity index (χ2v) is 9.88. The van der Waals surface area contributed by atoms with E-state index >= 15 is 0 Å². The molecule has 1 rings (SSSR count). The molecule has 0 aromatic carbocycles. The molecule has 1 aliphatic heterocycles. The fourth-order valence-corrected chi connectivity index (χ4v) is 5.57. The van der Waals surface area contributed by atoms with E-state index in [0.29, 0.717) is 6.42 Å². The number of rotatable bonds is 9. The van der Waals surface area contributed by atoms with Crippen molar-refractivity contribution in [3.05, 3.63) is 0 Å². The second-order valence-electron chi connectivity index (χ2n) is 5.90. The zero-order chi connectivity index (χ0) is 18.8. The average Bonchev–Trinajstić information content (AvgIpc) is 2.31. The van der Waals surface area contributed by atoms with E-state index in [-0.39, 0.29) is 25.1 Å². The molecule has 1 fully saturated rings. The molecule has 2 atom stereocenters. The topological polar surface area (TPSA) is 158 Å². The van der Waals surface area contributed by atoms with Gasteiger partial charge in [-0.25, -0.2) is 21.6 Å². The van der Waals surface area contributed by atoms with Gasteiger partial charge in [0, 0.05) is 12.8 Å². The molecule has 1 amide bonds. The number of aliphatic carboxylic acids is 1. The molecule has 0 aromatic heterocycles. The van der Waals surface area contributed by atoms with Crippen LogP contribution in [0.3, 0.4) is 0 Å². The molecule has 10 nitrogen and oxygen atoms in total. The molecule has 1 unspecified atom stereocenters. The lowest BCUT2D eigenvalue weighted by Gasteiger charge is -2.48. The van der Waals surface area contributed by atoms with Crippen LogP contribution in [-0.2, 0) is 24.7 Å². The number of carbonyl (C=O) groups is 2. The van der Waals surface area contributed by atoms with E-state index in [4.69, 9.17) is 5.11 Å². The summed E-state index contributed by atoms with van der Waals surface area (Å²) in [5.74, 6) is -3.12. The zero-order valence-corrected chi connectivity index (χ0v) is 15.1. The Morgan fingerprint density at radius 3 is 2.17 bits per heavy atom. The maximum atomic E-state index is 12.2. The van der Waals surface area contributed by atoms with E-state index in [9.17, 15) is 31.5 Å². The van der Waals surface area contributed by atoms with Crippen molar-refractivity contribution in [2.75, 3.05) is 24.3 Å². The molecule has 12 heteroatoms. The number of carboxylic acids is 1. The smallest absolute Gasteiger partial charge is 0.407 e. The number of amides is 1. The van der Waals surface area contributed by atoms with Crippen LogP contribution in [0.25, 0.3) is 0 Å². The van der Waals surface area contributed by atoms with Gasteiger partial charge in [0.2, 0.25) is 10.0 Å². The van der Waals surface area contributed by atoms with Crippen molar-refractivity contribution in [2.24, 2.45) is 0 Å². The highest BCUT2D eigenvalue weighted by Crippen LogP contribution is 2.31. The Hall–Kier alpha value is -1.40. The van der Waals surface area contributed by atoms with Gasteiger partial charge in [0.05, 0.1) is 17.5 Å². The van der Waals surface area contributed by atoms with Gasteiger partial charge in [-0.05, 0) is 12.8 Å².